The van der Waals surface area contributed by atoms with Crippen molar-refractivity contribution in [3.8, 4) is 0 Å². The Morgan fingerprint density at radius 3 is 2.70 bits per heavy atom. The van der Waals surface area contributed by atoms with Crippen LogP contribution in [-0.4, -0.2) is 42.0 Å². The molecule has 1 N–H and O–H groups in total. The molecule has 0 saturated carbocycles. The maximum absolute atomic E-state index is 12.8. The fraction of sp³-hybridized carbons (Fsp3) is 0.375. The number of rotatable bonds is 1. The highest BCUT2D eigenvalue weighted by molar-refractivity contribution is 6.06. The van der Waals surface area contributed by atoms with Crippen LogP contribution in [0, 0.1) is 11.8 Å². The predicted molar refractivity (Wildman–Crippen MR) is 77.5 cm³/mol. The lowest BCUT2D eigenvalue weighted by atomic mass is 10.0. The minimum Gasteiger partial charge on any atom is -0.338 e. The van der Waals surface area contributed by atoms with Crippen LogP contribution in [0.1, 0.15) is 10.4 Å². The van der Waals surface area contributed by atoms with E-state index in [0.29, 0.717) is 11.8 Å². The van der Waals surface area contributed by atoms with Gasteiger partial charge in [-0.25, -0.2) is 0 Å². The summed E-state index contributed by atoms with van der Waals surface area (Å²) in [5, 5.41) is 4.36. The summed E-state index contributed by atoms with van der Waals surface area (Å²) < 4.78 is 0. The standard InChI is InChI=1S/C16H17N3O/c20-16(19-9-11-7-17-8-12(11)10-19)14-5-6-18-15-4-2-1-3-13(14)15/h1-6,11-12,17H,7-10H2/t11-,12+. The third-order valence-corrected chi connectivity index (χ3v) is 4.56. The van der Waals surface area contributed by atoms with Gasteiger partial charge in [0.2, 0.25) is 0 Å². The van der Waals surface area contributed by atoms with E-state index in [1.54, 1.807) is 6.20 Å². The van der Waals surface area contributed by atoms with Crippen LogP contribution in [0.15, 0.2) is 36.5 Å². The summed E-state index contributed by atoms with van der Waals surface area (Å²) in [7, 11) is 0. The number of carbonyl (C=O) groups is 1. The fourth-order valence-corrected chi connectivity index (χ4v) is 3.47. The Bertz CT molecular complexity index is 652. The maximum Gasteiger partial charge on any atom is 0.254 e. The summed E-state index contributed by atoms with van der Waals surface area (Å²) in [6.07, 6.45) is 1.73. The van der Waals surface area contributed by atoms with E-state index in [4.69, 9.17) is 0 Å². The molecule has 1 aromatic heterocycles. The number of carbonyl (C=O) groups excluding carboxylic acids is 1. The number of hydrogen-bond acceptors (Lipinski definition) is 3. The third-order valence-electron chi connectivity index (χ3n) is 4.56. The monoisotopic (exact) mass is 267 g/mol. The third kappa shape index (κ3) is 1.79. The van der Waals surface area contributed by atoms with E-state index >= 15 is 0 Å². The second kappa shape index (κ2) is 4.56. The number of benzene rings is 1. The summed E-state index contributed by atoms with van der Waals surface area (Å²) in [6.45, 7) is 3.86. The molecule has 0 bridgehead atoms. The molecule has 1 aromatic carbocycles. The fourth-order valence-electron chi connectivity index (χ4n) is 3.47. The normalized spacial score (nSPS) is 25.1. The maximum atomic E-state index is 12.8. The topological polar surface area (TPSA) is 45.2 Å². The number of pyridine rings is 1. The highest BCUT2D eigenvalue weighted by Gasteiger charge is 2.38. The molecule has 1 amide bonds. The van der Waals surface area contributed by atoms with E-state index in [9.17, 15) is 4.79 Å². The van der Waals surface area contributed by atoms with Gasteiger partial charge >= 0.3 is 0 Å². The van der Waals surface area contributed by atoms with Crippen LogP contribution >= 0.6 is 0 Å². The van der Waals surface area contributed by atoms with Gasteiger partial charge in [0, 0.05) is 37.8 Å². The van der Waals surface area contributed by atoms with E-state index in [0.717, 1.165) is 42.6 Å². The summed E-state index contributed by atoms with van der Waals surface area (Å²) in [4.78, 5) is 19.1. The molecule has 2 fully saturated rings. The van der Waals surface area contributed by atoms with E-state index < -0.39 is 0 Å². The molecule has 2 saturated heterocycles. The molecule has 20 heavy (non-hydrogen) atoms. The Morgan fingerprint density at radius 2 is 1.90 bits per heavy atom. The lowest BCUT2D eigenvalue weighted by Crippen LogP contribution is -2.32. The number of fused-ring (bicyclic) bond motifs is 2. The Kier molecular flexibility index (Phi) is 2.70. The van der Waals surface area contributed by atoms with Crippen LogP contribution in [0.4, 0.5) is 0 Å². The smallest absolute Gasteiger partial charge is 0.254 e. The van der Waals surface area contributed by atoms with Crippen molar-refractivity contribution < 1.29 is 4.79 Å². The largest absolute Gasteiger partial charge is 0.338 e. The van der Waals surface area contributed by atoms with Crippen molar-refractivity contribution in [1.29, 1.82) is 0 Å². The van der Waals surface area contributed by atoms with Gasteiger partial charge in [0.1, 0.15) is 0 Å². The first-order valence-corrected chi connectivity index (χ1v) is 7.16. The molecule has 2 aromatic rings. The average molecular weight is 267 g/mol. The number of likely N-dealkylation sites (tertiary alicyclic amines) is 1. The van der Waals surface area contributed by atoms with Gasteiger partial charge in [-0.1, -0.05) is 18.2 Å². The van der Waals surface area contributed by atoms with E-state index in [2.05, 4.69) is 10.3 Å². The van der Waals surface area contributed by atoms with Crippen LogP contribution in [0.3, 0.4) is 0 Å². The van der Waals surface area contributed by atoms with Crippen molar-refractivity contribution in [2.24, 2.45) is 11.8 Å². The SMILES string of the molecule is O=C(c1ccnc2ccccc12)N1C[C@H]2CNC[C@H]2C1. The molecule has 0 unspecified atom stereocenters. The Labute approximate surface area is 117 Å². The van der Waals surface area contributed by atoms with Crippen LogP contribution in [-0.2, 0) is 0 Å². The molecule has 0 aliphatic carbocycles. The van der Waals surface area contributed by atoms with E-state index in [-0.39, 0.29) is 5.91 Å². The molecule has 0 spiro atoms. The zero-order valence-electron chi connectivity index (χ0n) is 11.2. The minimum atomic E-state index is 0.151. The van der Waals surface area contributed by atoms with Gasteiger partial charge in [0.25, 0.3) is 5.91 Å². The van der Waals surface area contributed by atoms with Crippen molar-refractivity contribution in [2.45, 2.75) is 0 Å². The first-order chi connectivity index (χ1) is 9.83. The van der Waals surface area contributed by atoms with E-state index in [1.807, 2.05) is 35.2 Å². The highest BCUT2D eigenvalue weighted by atomic mass is 16.2. The van der Waals surface area contributed by atoms with Crippen LogP contribution in [0.5, 0.6) is 0 Å². The second-order valence-corrected chi connectivity index (χ2v) is 5.76. The summed E-state index contributed by atoms with van der Waals surface area (Å²) in [6, 6.07) is 9.69. The Hall–Kier alpha value is -1.94. The number of amides is 1. The van der Waals surface area contributed by atoms with Gasteiger partial charge in [0.05, 0.1) is 11.1 Å². The molecule has 4 nitrogen and oxygen atoms in total. The van der Waals surface area contributed by atoms with Gasteiger partial charge in [-0.3, -0.25) is 9.78 Å². The van der Waals surface area contributed by atoms with Crippen molar-refractivity contribution in [2.75, 3.05) is 26.2 Å². The summed E-state index contributed by atoms with van der Waals surface area (Å²) >= 11 is 0. The van der Waals surface area contributed by atoms with Gasteiger partial charge in [-0.05, 0) is 24.0 Å². The van der Waals surface area contributed by atoms with Crippen LogP contribution < -0.4 is 5.32 Å². The number of nitrogens with one attached hydrogen (secondary N) is 1. The van der Waals surface area contributed by atoms with Crippen molar-refractivity contribution in [3.63, 3.8) is 0 Å². The lowest BCUT2D eigenvalue weighted by molar-refractivity contribution is 0.0783. The van der Waals surface area contributed by atoms with Gasteiger partial charge in [0.15, 0.2) is 0 Å². The van der Waals surface area contributed by atoms with E-state index in [1.165, 1.54) is 0 Å². The zero-order chi connectivity index (χ0) is 13.5. The average Bonchev–Trinajstić information content (AvgIpc) is 3.07. The molecule has 4 rings (SSSR count). The van der Waals surface area contributed by atoms with Crippen molar-refractivity contribution in [3.05, 3.63) is 42.1 Å². The zero-order valence-corrected chi connectivity index (χ0v) is 11.2. The molecule has 102 valence electrons. The van der Waals surface area contributed by atoms with Gasteiger partial charge in [-0.15, -0.1) is 0 Å². The first-order valence-electron chi connectivity index (χ1n) is 7.16. The van der Waals surface area contributed by atoms with Crippen molar-refractivity contribution >= 4 is 16.8 Å². The second-order valence-electron chi connectivity index (χ2n) is 5.76. The Balaban J connectivity index is 1.68. The van der Waals surface area contributed by atoms with Crippen molar-refractivity contribution in [1.82, 2.24) is 15.2 Å². The molecule has 3 heterocycles. The molecular formula is C16H17N3O. The minimum absolute atomic E-state index is 0.151. The first kappa shape index (κ1) is 11.9. The molecular weight excluding hydrogens is 250 g/mol. The molecule has 2 aliphatic heterocycles. The molecule has 0 radical (unpaired) electrons. The molecule has 2 aliphatic rings. The summed E-state index contributed by atoms with van der Waals surface area (Å²) in [5.41, 5.74) is 1.67. The quantitative estimate of drug-likeness (QED) is 0.852. The number of nitrogens with zero attached hydrogens (tertiary/aromatic N) is 2. The highest BCUT2D eigenvalue weighted by Crippen LogP contribution is 2.28. The van der Waals surface area contributed by atoms with Gasteiger partial charge < -0.3 is 10.2 Å². The number of aromatic nitrogens is 1. The van der Waals surface area contributed by atoms with Crippen LogP contribution in [0.2, 0.25) is 0 Å². The predicted octanol–water partition coefficient (Wildman–Crippen LogP) is 1.53. The van der Waals surface area contributed by atoms with Gasteiger partial charge in [-0.2, -0.15) is 0 Å². The number of para-hydroxylation sites is 1. The number of hydrogen-bond donors (Lipinski definition) is 1. The lowest BCUT2D eigenvalue weighted by Gasteiger charge is -2.18. The molecule has 2 atom stereocenters. The Morgan fingerprint density at radius 1 is 1.15 bits per heavy atom. The summed E-state index contributed by atoms with van der Waals surface area (Å²) in [5.74, 6) is 1.41. The molecule has 4 heteroatoms. The van der Waals surface area contributed by atoms with Crippen LogP contribution in [0.25, 0.3) is 10.9 Å².